The lowest BCUT2D eigenvalue weighted by atomic mass is 10.1. The fourth-order valence-corrected chi connectivity index (χ4v) is 2.01. The van der Waals surface area contributed by atoms with Gasteiger partial charge in [-0.3, -0.25) is 0 Å². The van der Waals surface area contributed by atoms with Crippen LogP contribution in [-0.4, -0.2) is 4.99 Å². The maximum atomic E-state index is 13.7. The Hall–Kier alpha value is -1.65. The van der Waals surface area contributed by atoms with Gasteiger partial charge in [0.25, 0.3) is 0 Å². The van der Waals surface area contributed by atoms with Gasteiger partial charge in [0.05, 0.1) is 5.02 Å². The van der Waals surface area contributed by atoms with Crippen LogP contribution in [0.25, 0.3) is 0 Å². The molecular weight excluding hydrogens is 297 g/mol. The molecule has 5 heteroatoms. The first kappa shape index (κ1) is 14.8. The summed E-state index contributed by atoms with van der Waals surface area (Å²) in [7, 11) is 0. The van der Waals surface area contributed by atoms with Crippen LogP contribution < -0.4 is 10.5 Å². The van der Waals surface area contributed by atoms with E-state index in [4.69, 9.17) is 34.3 Å². The summed E-state index contributed by atoms with van der Waals surface area (Å²) in [6, 6.07) is 9.88. The van der Waals surface area contributed by atoms with Crippen LogP contribution in [0, 0.1) is 12.7 Å². The first-order valence-corrected chi connectivity index (χ1v) is 6.73. The molecule has 0 saturated carbocycles. The van der Waals surface area contributed by atoms with Gasteiger partial charge in [-0.15, -0.1) is 0 Å². The monoisotopic (exact) mass is 309 g/mol. The number of halogens is 2. The third kappa shape index (κ3) is 3.46. The summed E-state index contributed by atoms with van der Waals surface area (Å²) in [6.45, 7) is 1.99. The van der Waals surface area contributed by atoms with E-state index >= 15 is 0 Å². The van der Waals surface area contributed by atoms with E-state index in [1.165, 1.54) is 6.07 Å². The lowest BCUT2D eigenvalue weighted by Crippen LogP contribution is -2.10. The Kier molecular flexibility index (Phi) is 4.57. The SMILES string of the molecule is Cc1ccc(Cl)c(OCc2cc(C(N)=S)ccc2F)c1. The molecule has 0 atom stereocenters. The molecule has 2 nitrogen and oxygen atoms in total. The van der Waals surface area contributed by atoms with Gasteiger partial charge < -0.3 is 10.5 Å². The molecule has 0 radical (unpaired) electrons. The molecule has 2 N–H and O–H groups in total. The number of hydrogen-bond donors (Lipinski definition) is 1. The second-order valence-electron chi connectivity index (χ2n) is 4.39. The van der Waals surface area contributed by atoms with Crippen molar-refractivity contribution in [2.24, 2.45) is 5.73 Å². The van der Waals surface area contributed by atoms with E-state index < -0.39 is 0 Å². The van der Waals surface area contributed by atoms with Crippen LogP contribution in [0.1, 0.15) is 16.7 Å². The summed E-state index contributed by atoms with van der Waals surface area (Å²) in [4.78, 5) is 0.222. The van der Waals surface area contributed by atoms with Crippen LogP contribution in [0.5, 0.6) is 5.75 Å². The van der Waals surface area contributed by atoms with Gasteiger partial charge in [-0.25, -0.2) is 4.39 Å². The van der Waals surface area contributed by atoms with Gasteiger partial charge in [-0.05, 0) is 42.8 Å². The van der Waals surface area contributed by atoms with E-state index in [0.717, 1.165) is 5.56 Å². The number of benzene rings is 2. The van der Waals surface area contributed by atoms with E-state index in [9.17, 15) is 4.39 Å². The van der Waals surface area contributed by atoms with Gasteiger partial charge in [0.2, 0.25) is 0 Å². The Morgan fingerprint density at radius 3 is 2.75 bits per heavy atom. The van der Waals surface area contributed by atoms with Crippen LogP contribution in [-0.2, 0) is 6.61 Å². The lowest BCUT2D eigenvalue weighted by Gasteiger charge is -2.10. The zero-order valence-corrected chi connectivity index (χ0v) is 12.4. The molecular formula is C15H13ClFNOS. The van der Waals surface area contributed by atoms with Gasteiger partial charge in [0.15, 0.2) is 0 Å². The Balaban J connectivity index is 2.20. The van der Waals surface area contributed by atoms with E-state index in [1.807, 2.05) is 13.0 Å². The lowest BCUT2D eigenvalue weighted by molar-refractivity contribution is 0.300. The van der Waals surface area contributed by atoms with Crippen LogP contribution >= 0.6 is 23.8 Å². The van der Waals surface area contributed by atoms with E-state index in [0.29, 0.717) is 21.9 Å². The van der Waals surface area contributed by atoms with Crippen molar-refractivity contribution in [3.8, 4) is 5.75 Å². The number of hydrogen-bond acceptors (Lipinski definition) is 2. The van der Waals surface area contributed by atoms with Gasteiger partial charge in [-0.1, -0.05) is 29.9 Å². The van der Waals surface area contributed by atoms with Crippen molar-refractivity contribution in [1.29, 1.82) is 0 Å². The Bertz CT molecular complexity index is 660. The van der Waals surface area contributed by atoms with Gasteiger partial charge in [0.1, 0.15) is 23.2 Å². The summed E-state index contributed by atoms with van der Waals surface area (Å²) >= 11 is 10.9. The topological polar surface area (TPSA) is 35.2 Å². The van der Waals surface area contributed by atoms with Crippen molar-refractivity contribution < 1.29 is 9.13 Å². The molecule has 0 bridgehead atoms. The Morgan fingerprint density at radius 1 is 1.30 bits per heavy atom. The minimum atomic E-state index is -0.367. The predicted octanol–water partition coefficient (Wildman–Crippen LogP) is 4.00. The predicted molar refractivity (Wildman–Crippen MR) is 82.8 cm³/mol. The molecule has 0 unspecified atom stereocenters. The van der Waals surface area contributed by atoms with Crippen LogP contribution in [0.4, 0.5) is 4.39 Å². The van der Waals surface area contributed by atoms with Crippen molar-refractivity contribution in [2.75, 3.05) is 0 Å². The summed E-state index contributed by atoms with van der Waals surface area (Å²) in [6.07, 6.45) is 0. The van der Waals surface area contributed by atoms with E-state index in [2.05, 4.69) is 0 Å². The van der Waals surface area contributed by atoms with Gasteiger partial charge in [0, 0.05) is 11.1 Å². The zero-order chi connectivity index (χ0) is 14.7. The molecule has 0 aliphatic heterocycles. The quantitative estimate of drug-likeness (QED) is 0.867. The molecule has 0 spiro atoms. The molecule has 0 amide bonds. The fourth-order valence-electron chi connectivity index (χ4n) is 1.72. The minimum Gasteiger partial charge on any atom is -0.487 e. The van der Waals surface area contributed by atoms with Crippen LogP contribution in [0.3, 0.4) is 0 Å². The number of rotatable bonds is 4. The molecule has 2 aromatic rings. The highest BCUT2D eigenvalue weighted by Gasteiger charge is 2.08. The largest absolute Gasteiger partial charge is 0.487 e. The molecule has 0 aromatic heterocycles. The third-order valence-corrected chi connectivity index (χ3v) is 3.35. The molecule has 0 aliphatic rings. The molecule has 104 valence electrons. The maximum Gasteiger partial charge on any atom is 0.138 e. The molecule has 0 saturated heterocycles. The van der Waals surface area contributed by atoms with Crippen molar-refractivity contribution in [3.05, 3.63) is 63.9 Å². The summed E-state index contributed by atoms with van der Waals surface area (Å²) in [5.74, 6) is 0.153. The molecule has 20 heavy (non-hydrogen) atoms. The molecule has 2 rings (SSSR count). The van der Waals surface area contributed by atoms with Crippen LogP contribution in [0.15, 0.2) is 36.4 Å². The van der Waals surface area contributed by atoms with Crippen molar-refractivity contribution in [2.45, 2.75) is 13.5 Å². The van der Waals surface area contributed by atoms with E-state index in [-0.39, 0.29) is 17.4 Å². The molecule has 0 aliphatic carbocycles. The molecule has 0 heterocycles. The third-order valence-electron chi connectivity index (χ3n) is 2.80. The van der Waals surface area contributed by atoms with Gasteiger partial charge >= 0.3 is 0 Å². The highest BCUT2D eigenvalue weighted by molar-refractivity contribution is 7.80. The normalized spacial score (nSPS) is 10.3. The zero-order valence-electron chi connectivity index (χ0n) is 10.8. The number of aryl methyl sites for hydroxylation is 1. The number of nitrogens with two attached hydrogens (primary N) is 1. The Labute approximate surface area is 127 Å². The average molecular weight is 310 g/mol. The number of ether oxygens (including phenoxy) is 1. The fraction of sp³-hybridized carbons (Fsp3) is 0.133. The smallest absolute Gasteiger partial charge is 0.138 e. The van der Waals surface area contributed by atoms with Crippen molar-refractivity contribution >= 4 is 28.8 Å². The maximum absolute atomic E-state index is 13.7. The second kappa shape index (κ2) is 6.20. The molecule has 2 aromatic carbocycles. The average Bonchev–Trinajstić information content (AvgIpc) is 2.41. The first-order valence-electron chi connectivity index (χ1n) is 5.94. The van der Waals surface area contributed by atoms with Crippen molar-refractivity contribution in [1.82, 2.24) is 0 Å². The Morgan fingerprint density at radius 2 is 2.05 bits per heavy atom. The second-order valence-corrected chi connectivity index (χ2v) is 5.24. The van der Waals surface area contributed by atoms with E-state index in [1.54, 1.807) is 24.3 Å². The summed E-state index contributed by atoms with van der Waals surface area (Å²) in [5, 5.41) is 0.488. The summed E-state index contributed by atoms with van der Waals surface area (Å²) in [5.41, 5.74) is 7.54. The first-order chi connectivity index (χ1) is 9.47. The number of thiocarbonyl (C=S) groups is 1. The van der Waals surface area contributed by atoms with Gasteiger partial charge in [-0.2, -0.15) is 0 Å². The molecule has 0 fully saturated rings. The minimum absolute atomic E-state index is 0.0610. The van der Waals surface area contributed by atoms with Crippen molar-refractivity contribution in [3.63, 3.8) is 0 Å². The van der Waals surface area contributed by atoms with Crippen LogP contribution in [0.2, 0.25) is 5.02 Å². The summed E-state index contributed by atoms with van der Waals surface area (Å²) < 4.78 is 19.3. The highest BCUT2D eigenvalue weighted by atomic mass is 35.5. The highest BCUT2D eigenvalue weighted by Crippen LogP contribution is 2.26. The standard InChI is InChI=1S/C15H13ClFNOS/c1-9-2-4-12(16)14(6-9)19-8-11-7-10(15(18)20)3-5-13(11)17/h2-7H,8H2,1H3,(H2,18,20).